The molecular weight excluding hydrogens is 160 g/mol. The van der Waals surface area contributed by atoms with Gasteiger partial charge in [-0.3, -0.25) is 0 Å². The molecule has 1 saturated carbocycles. The number of fused-ring (bicyclic) bond motifs is 1. The van der Waals surface area contributed by atoms with E-state index in [2.05, 4.69) is 12.7 Å². The Hall–Kier alpha value is -0.560. The van der Waals surface area contributed by atoms with Crippen molar-refractivity contribution in [2.24, 2.45) is 5.41 Å². The summed E-state index contributed by atoms with van der Waals surface area (Å²) in [6.45, 7) is 3.84. The molecule has 1 fully saturated rings. The van der Waals surface area contributed by atoms with E-state index in [1.54, 1.807) is 0 Å². The molecule has 1 N–H and O–H groups in total. The highest BCUT2D eigenvalue weighted by Gasteiger charge is 2.39. The molecule has 0 saturated heterocycles. The summed E-state index contributed by atoms with van der Waals surface area (Å²) in [5.41, 5.74) is 1.91. The summed E-state index contributed by atoms with van der Waals surface area (Å²) in [7, 11) is 0. The van der Waals surface area contributed by atoms with Crippen LogP contribution in [0.2, 0.25) is 0 Å². The van der Waals surface area contributed by atoms with Gasteiger partial charge in [0.1, 0.15) is 0 Å². The van der Waals surface area contributed by atoms with E-state index in [0.717, 1.165) is 19.3 Å². The van der Waals surface area contributed by atoms with Crippen LogP contribution in [-0.2, 0) is 0 Å². The zero-order chi connectivity index (χ0) is 9.31. The molecular formula is C12H18O. The van der Waals surface area contributed by atoms with E-state index in [-0.39, 0.29) is 6.10 Å². The Kier molecular flexibility index (Phi) is 2.29. The number of allylic oxidation sites excluding steroid dienone is 2. The molecule has 0 radical (unpaired) electrons. The zero-order valence-corrected chi connectivity index (χ0v) is 8.13. The average molecular weight is 178 g/mol. The van der Waals surface area contributed by atoms with Crippen LogP contribution in [0, 0.1) is 5.41 Å². The van der Waals surface area contributed by atoms with Crippen LogP contribution in [0.5, 0.6) is 0 Å². The Bertz CT molecular complexity index is 242. The average Bonchev–Trinajstić information content (AvgIpc) is 2.49. The van der Waals surface area contributed by atoms with Crippen LogP contribution in [0.15, 0.2) is 24.3 Å². The first-order valence-electron chi connectivity index (χ1n) is 5.27. The first-order chi connectivity index (χ1) is 6.27. The molecule has 0 amide bonds. The molecule has 0 bridgehead atoms. The van der Waals surface area contributed by atoms with Crippen molar-refractivity contribution >= 4 is 0 Å². The summed E-state index contributed by atoms with van der Waals surface area (Å²) in [5, 5.41) is 9.54. The van der Waals surface area contributed by atoms with Crippen molar-refractivity contribution < 1.29 is 5.11 Å². The van der Waals surface area contributed by atoms with E-state index >= 15 is 0 Å². The van der Waals surface area contributed by atoms with E-state index < -0.39 is 0 Å². The summed E-state index contributed by atoms with van der Waals surface area (Å²) < 4.78 is 0. The lowest BCUT2D eigenvalue weighted by Crippen LogP contribution is -2.25. The van der Waals surface area contributed by atoms with Crippen LogP contribution in [0.1, 0.15) is 38.5 Å². The molecule has 2 aliphatic rings. The normalized spacial score (nSPS) is 38.2. The van der Waals surface area contributed by atoms with Crippen molar-refractivity contribution in [1.29, 1.82) is 0 Å². The van der Waals surface area contributed by atoms with Gasteiger partial charge >= 0.3 is 0 Å². The molecule has 0 aromatic heterocycles. The minimum atomic E-state index is -0.175. The van der Waals surface area contributed by atoms with Gasteiger partial charge in [0.15, 0.2) is 0 Å². The largest absolute Gasteiger partial charge is 0.389 e. The van der Waals surface area contributed by atoms with Crippen molar-refractivity contribution in [2.45, 2.75) is 44.6 Å². The van der Waals surface area contributed by atoms with E-state index in [1.807, 2.05) is 6.08 Å². The predicted octanol–water partition coefficient (Wildman–Crippen LogP) is 2.81. The fraction of sp³-hybridized carbons (Fsp3) is 0.667. The zero-order valence-electron chi connectivity index (χ0n) is 8.13. The molecule has 0 unspecified atom stereocenters. The molecule has 1 heteroatoms. The number of hydrogen-bond acceptors (Lipinski definition) is 1. The third-order valence-corrected chi connectivity index (χ3v) is 3.63. The van der Waals surface area contributed by atoms with Gasteiger partial charge in [-0.2, -0.15) is 0 Å². The van der Waals surface area contributed by atoms with Gasteiger partial charge in [0, 0.05) is 0 Å². The molecule has 0 spiro atoms. The van der Waals surface area contributed by atoms with Crippen LogP contribution in [0.25, 0.3) is 0 Å². The van der Waals surface area contributed by atoms with Crippen LogP contribution >= 0.6 is 0 Å². The van der Waals surface area contributed by atoms with Gasteiger partial charge in [0.25, 0.3) is 0 Å². The molecule has 0 heterocycles. The van der Waals surface area contributed by atoms with Crippen molar-refractivity contribution in [2.75, 3.05) is 0 Å². The maximum atomic E-state index is 9.54. The van der Waals surface area contributed by atoms with Gasteiger partial charge in [-0.25, -0.2) is 0 Å². The van der Waals surface area contributed by atoms with Gasteiger partial charge in [0.2, 0.25) is 0 Å². The summed E-state index contributed by atoms with van der Waals surface area (Å²) in [5.74, 6) is 0. The van der Waals surface area contributed by atoms with Gasteiger partial charge in [-0.05, 0) is 43.9 Å². The molecule has 0 aromatic rings. The van der Waals surface area contributed by atoms with E-state index in [1.165, 1.54) is 24.8 Å². The van der Waals surface area contributed by atoms with E-state index in [0.29, 0.717) is 5.41 Å². The smallest absolute Gasteiger partial charge is 0.0724 e. The summed E-state index contributed by atoms with van der Waals surface area (Å²) in [6.07, 6.45) is 11.0. The number of aliphatic hydroxyl groups is 1. The molecule has 13 heavy (non-hydrogen) atoms. The number of rotatable bonds is 2. The van der Waals surface area contributed by atoms with Gasteiger partial charge in [-0.1, -0.05) is 17.7 Å². The maximum Gasteiger partial charge on any atom is 0.0724 e. The Morgan fingerprint density at radius 3 is 3.23 bits per heavy atom. The summed E-state index contributed by atoms with van der Waals surface area (Å²) in [6, 6.07) is 0. The van der Waals surface area contributed by atoms with Gasteiger partial charge in [-0.15, -0.1) is 6.58 Å². The minimum Gasteiger partial charge on any atom is -0.389 e. The summed E-state index contributed by atoms with van der Waals surface area (Å²) in [4.78, 5) is 0. The third kappa shape index (κ3) is 1.46. The number of hydrogen-bond donors (Lipinski definition) is 1. The fourth-order valence-electron chi connectivity index (χ4n) is 2.94. The van der Waals surface area contributed by atoms with E-state index in [9.17, 15) is 5.11 Å². The molecule has 2 rings (SSSR count). The highest BCUT2D eigenvalue weighted by Crippen LogP contribution is 2.51. The monoisotopic (exact) mass is 178 g/mol. The molecule has 0 aliphatic heterocycles. The Labute approximate surface area is 80.2 Å². The van der Waals surface area contributed by atoms with Gasteiger partial charge < -0.3 is 5.11 Å². The SMILES string of the molecule is C=CC[C@@]12CCCC1=C[C@@H](O)CC2. The Balaban J connectivity index is 2.25. The van der Waals surface area contributed by atoms with Gasteiger partial charge in [0.05, 0.1) is 6.10 Å². The standard InChI is InChI=1S/C12H18O/c1-2-6-12-7-3-4-10(12)9-11(13)5-8-12/h2,9,11,13H,1,3-8H2/t11-,12-/m0/s1. The molecule has 1 nitrogen and oxygen atoms in total. The molecule has 72 valence electrons. The topological polar surface area (TPSA) is 20.2 Å². The lowest BCUT2D eigenvalue weighted by Gasteiger charge is -2.34. The van der Waals surface area contributed by atoms with Crippen molar-refractivity contribution in [1.82, 2.24) is 0 Å². The van der Waals surface area contributed by atoms with Crippen molar-refractivity contribution in [3.8, 4) is 0 Å². The predicted molar refractivity (Wildman–Crippen MR) is 54.4 cm³/mol. The lowest BCUT2D eigenvalue weighted by molar-refractivity contribution is 0.166. The highest BCUT2D eigenvalue weighted by atomic mass is 16.3. The summed E-state index contributed by atoms with van der Waals surface area (Å²) >= 11 is 0. The Morgan fingerprint density at radius 2 is 2.46 bits per heavy atom. The second kappa shape index (κ2) is 3.30. The van der Waals surface area contributed by atoms with Crippen molar-refractivity contribution in [3.05, 3.63) is 24.3 Å². The minimum absolute atomic E-state index is 0.175. The third-order valence-electron chi connectivity index (χ3n) is 3.63. The highest BCUT2D eigenvalue weighted by molar-refractivity contribution is 5.24. The molecule has 2 aliphatic carbocycles. The van der Waals surface area contributed by atoms with Crippen LogP contribution in [0.3, 0.4) is 0 Å². The van der Waals surface area contributed by atoms with Crippen LogP contribution < -0.4 is 0 Å². The van der Waals surface area contributed by atoms with E-state index in [4.69, 9.17) is 0 Å². The molecule has 0 aromatic carbocycles. The second-order valence-electron chi connectivity index (χ2n) is 4.42. The number of aliphatic hydroxyl groups excluding tert-OH is 1. The maximum absolute atomic E-state index is 9.54. The van der Waals surface area contributed by atoms with Crippen LogP contribution in [0.4, 0.5) is 0 Å². The lowest BCUT2D eigenvalue weighted by atomic mass is 9.71. The second-order valence-corrected chi connectivity index (χ2v) is 4.42. The van der Waals surface area contributed by atoms with Crippen molar-refractivity contribution in [3.63, 3.8) is 0 Å². The first-order valence-corrected chi connectivity index (χ1v) is 5.27. The van der Waals surface area contributed by atoms with Crippen LogP contribution in [-0.4, -0.2) is 11.2 Å². The quantitative estimate of drug-likeness (QED) is 0.645. The molecule has 2 atom stereocenters. The first kappa shape index (κ1) is 9.01. The Morgan fingerprint density at radius 1 is 1.62 bits per heavy atom. The fourth-order valence-corrected chi connectivity index (χ4v) is 2.94.